The minimum atomic E-state index is -0.195. The molecule has 0 N–H and O–H groups in total. The summed E-state index contributed by atoms with van der Waals surface area (Å²) in [7, 11) is 0. The minimum absolute atomic E-state index is 0.195. The fraction of sp³-hybridized carbons (Fsp3) is 0.0769. The first-order valence-corrected chi connectivity index (χ1v) is 33.9. The van der Waals surface area contributed by atoms with Gasteiger partial charge in [-0.1, -0.05) is 300 Å². The average molecular weight is 1220 g/mol. The molecule has 2 aliphatic heterocycles. The van der Waals surface area contributed by atoms with E-state index in [4.69, 9.17) is 0 Å². The number of aryl methyl sites for hydroxylation is 1. The maximum atomic E-state index is 2.74. The van der Waals surface area contributed by atoms with Crippen LogP contribution in [0.2, 0.25) is 0 Å². The molecule has 0 saturated heterocycles. The lowest BCUT2D eigenvalue weighted by Gasteiger charge is -2.46. The number of anilines is 6. The molecule has 0 atom stereocenters. The predicted octanol–water partition coefficient (Wildman–Crippen LogP) is 23.0. The number of hydrogen-bond acceptors (Lipinski definition) is 2. The molecule has 0 unspecified atom stereocenters. The smallest absolute Gasteiger partial charge is 0.252 e. The zero-order valence-corrected chi connectivity index (χ0v) is 53.4. The first kappa shape index (κ1) is 57.4. The molecular weight excluding hydrogens is 1150 g/mol. The van der Waals surface area contributed by atoms with Crippen LogP contribution in [0.1, 0.15) is 44.6 Å². The van der Waals surface area contributed by atoms with Crippen molar-refractivity contribution in [3.63, 3.8) is 0 Å². The Hall–Kier alpha value is -11.5. The summed E-state index contributed by atoms with van der Waals surface area (Å²) in [6, 6.07) is 125. The lowest BCUT2D eigenvalue weighted by atomic mass is 9.33. The van der Waals surface area contributed by atoms with Crippen molar-refractivity contribution in [1.29, 1.82) is 0 Å². The Labute approximate surface area is 558 Å². The fourth-order valence-corrected chi connectivity index (χ4v) is 15.4. The molecule has 3 nitrogen and oxygen atoms in total. The van der Waals surface area contributed by atoms with Crippen LogP contribution in [0.3, 0.4) is 0 Å². The summed E-state index contributed by atoms with van der Waals surface area (Å²) in [6.45, 7) is 2.12. The van der Waals surface area contributed by atoms with Crippen molar-refractivity contribution in [2.24, 2.45) is 0 Å². The molecule has 3 heterocycles. The summed E-state index contributed by atoms with van der Waals surface area (Å²) in [5, 5.41) is 2.48. The number of unbranched alkanes of at least 4 members (excludes halogenated alkanes) is 4. The zero-order valence-electron chi connectivity index (χ0n) is 53.4. The maximum absolute atomic E-state index is 2.74. The Morgan fingerprint density at radius 2 is 0.663 bits per heavy atom. The zero-order chi connectivity index (χ0) is 63.2. The first-order valence-electron chi connectivity index (χ1n) is 33.9. The summed E-state index contributed by atoms with van der Waals surface area (Å²) < 4.78 is 2.50. The molecule has 0 fully saturated rings. The van der Waals surface area contributed by atoms with E-state index in [1.807, 2.05) is 0 Å². The molecule has 0 radical (unpaired) electrons. The van der Waals surface area contributed by atoms with E-state index in [1.165, 1.54) is 131 Å². The summed E-state index contributed by atoms with van der Waals surface area (Å²) in [5.41, 5.74) is 31.9. The molecule has 15 aromatic rings. The van der Waals surface area contributed by atoms with E-state index in [9.17, 15) is 0 Å². The largest absolute Gasteiger partial charge is 0.310 e. The van der Waals surface area contributed by atoms with Crippen LogP contribution >= 0.6 is 0 Å². The van der Waals surface area contributed by atoms with Gasteiger partial charge < -0.3 is 14.4 Å². The number of nitrogens with zero attached hydrogens (tertiary/aromatic N) is 3. The van der Waals surface area contributed by atoms with Crippen LogP contribution in [0.5, 0.6) is 0 Å². The molecule has 95 heavy (non-hydrogen) atoms. The topological polar surface area (TPSA) is 11.4 Å². The van der Waals surface area contributed by atoms with Gasteiger partial charge in [-0.15, -0.1) is 0 Å². The van der Waals surface area contributed by atoms with Gasteiger partial charge in [0.1, 0.15) is 0 Å². The third-order valence-electron chi connectivity index (χ3n) is 19.8. The Morgan fingerprint density at radius 1 is 0.274 bits per heavy atom. The summed E-state index contributed by atoms with van der Waals surface area (Å²) in [5.74, 6) is 0. The lowest BCUT2D eigenvalue weighted by molar-refractivity contribution is 0.632. The second kappa shape index (κ2) is 24.9. The van der Waals surface area contributed by atoms with Crippen molar-refractivity contribution in [1.82, 2.24) is 4.57 Å². The van der Waals surface area contributed by atoms with Gasteiger partial charge in [0.15, 0.2) is 0 Å². The number of fused-ring (bicyclic) bond motifs is 7. The van der Waals surface area contributed by atoms with Crippen molar-refractivity contribution in [2.75, 3.05) is 9.80 Å². The standard InChI is InChI=1S/C91H70BN3/c1-2-3-4-5-13-32-63-55-87-89-88(56-63)95(91-79(69-43-24-11-25-44-69)59-73(66-37-18-8-19-38-66)60-80(91)70-45-26-12-27-46-70)86-62-74(93-83-49-30-28-47-75(83)76-48-29-31-50-84(76)93)52-53-81(86)92(89)82-61-71(64-33-14-6-15-34-64)51-54-85(82)94(87)90-77(67-39-20-9-21-40-67)57-72(65-35-16-7-17-36-65)58-78(90)68-41-22-10-23-42-68/h6-12,14-31,33-62H,2-5,13,32H2,1H3. The maximum Gasteiger partial charge on any atom is 0.252 e. The number of aromatic nitrogens is 1. The molecule has 1 aromatic heterocycles. The van der Waals surface area contributed by atoms with Crippen molar-refractivity contribution >= 4 is 79.0 Å². The number of hydrogen-bond donors (Lipinski definition) is 0. The van der Waals surface area contributed by atoms with Gasteiger partial charge in [-0.3, -0.25) is 0 Å². The van der Waals surface area contributed by atoms with Crippen LogP contribution in [-0.4, -0.2) is 11.3 Å². The third kappa shape index (κ3) is 10.3. The Morgan fingerprint density at radius 3 is 1.11 bits per heavy atom. The van der Waals surface area contributed by atoms with E-state index < -0.39 is 0 Å². The van der Waals surface area contributed by atoms with Crippen LogP contribution in [0.15, 0.2) is 334 Å². The number of rotatable bonds is 16. The van der Waals surface area contributed by atoms with Crippen LogP contribution < -0.4 is 26.2 Å². The minimum Gasteiger partial charge on any atom is -0.310 e. The number of para-hydroxylation sites is 2. The van der Waals surface area contributed by atoms with Gasteiger partial charge in [0, 0.05) is 61.5 Å². The normalized spacial score (nSPS) is 12.2. The molecule has 0 aliphatic carbocycles. The van der Waals surface area contributed by atoms with E-state index in [2.05, 4.69) is 355 Å². The lowest BCUT2D eigenvalue weighted by Crippen LogP contribution is -2.61. The third-order valence-corrected chi connectivity index (χ3v) is 19.8. The Kier molecular flexibility index (Phi) is 15.0. The van der Waals surface area contributed by atoms with Gasteiger partial charge in [0.2, 0.25) is 0 Å². The SMILES string of the molecule is CCCCCCCc1cc2c3c(c1)N(c1c(-c4ccccc4)cc(-c4ccccc4)cc1-c1ccccc1)c1cc(-n4c5ccccc5c5ccccc54)ccc1B3c1cc(-c3ccccc3)ccc1N2c1c(-c2ccccc2)cc(-c2ccccc2)cc1-c1ccccc1. The van der Waals surface area contributed by atoms with Gasteiger partial charge in [0.25, 0.3) is 6.71 Å². The van der Waals surface area contributed by atoms with E-state index in [-0.39, 0.29) is 6.71 Å². The highest BCUT2D eigenvalue weighted by molar-refractivity contribution is 7.00. The van der Waals surface area contributed by atoms with Gasteiger partial charge in [-0.2, -0.15) is 0 Å². The molecular formula is C91H70BN3. The highest BCUT2D eigenvalue weighted by Gasteiger charge is 2.46. The van der Waals surface area contributed by atoms with E-state index in [1.54, 1.807) is 0 Å². The molecule has 0 amide bonds. The van der Waals surface area contributed by atoms with Gasteiger partial charge in [-0.25, -0.2) is 0 Å². The molecule has 4 heteroatoms. The fourth-order valence-electron chi connectivity index (χ4n) is 15.4. The van der Waals surface area contributed by atoms with E-state index >= 15 is 0 Å². The molecule has 0 saturated carbocycles. The van der Waals surface area contributed by atoms with Gasteiger partial charge in [-0.05, 0) is 157 Å². The first-order chi connectivity index (χ1) is 47.1. The second-order valence-electron chi connectivity index (χ2n) is 25.6. The van der Waals surface area contributed by atoms with E-state index in [0.717, 1.165) is 69.0 Å². The summed E-state index contributed by atoms with van der Waals surface area (Å²) in [4.78, 5) is 5.45. The van der Waals surface area contributed by atoms with Crippen molar-refractivity contribution < 1.29 is 0 Å². The average Bonchev–Trinajstić information content (AvgIpc) is 1.02. The van der Waals surface area contributed by atoms with Crippen LogP contribution in [0.25, 0.3) is 105 Å². The predicted molar refractivity (Wildman–Crippen MR) is 405 cm³/mol. The molecule has 2 aliphatic rings. The van der Waals surface area contributed by atoms with Crippen molar-refractivity contribution in [3.8, 4) is 83.6 Å². The molecule has 452 valence electrons. The van der Waals surface area contributed by atoms with E-state index in [0.29, 0.717) is 0 Å². The molecule has 17 rings (SSSR count). The highest BCUT2D eigenvalue weighted by atomic mass is 15.2. The summed E-state index contributed by atoms with van der Waals surface area (Å²) in [6.07, 6.45) is 6.83. The number of benzene rings is 14. The monoisotopic (exact) mass is 1220 g/mol. The van der Waals surface area contributed by atoms with Gasteiger partial charge in [0.05, 0.1) is 22.4 Å². The molecule has 14 aromatic carbocycles. The second-order valence-corrected chi connectivity index (χ2v) is 25.6. The Balaban J connectivity index is 1.05. The van der Waals surface area contributed by atoms with Crippen LogP contribution in [0, 0.1) is 0 Å². The van der Waals surface area contributed by atoms with Crippen molar-refractivity contribution in [3.05, 3.63) is 339 Å². The Bertz CT molecular complexity index is 5130. The van der Waals surface area contributed by atoms with Crippen LogP contribution in [0.4, 0.5) is 34.1 Å². The molecule has 0 spiro atoms. The summed E-state index contributed by atoms with van der Waals surface area (Å²) >= 11 is 0. The molecule has 0 bridgehead atoms. The van der Waals surface area contributed by atoms with Crippen LogP contribution in [-0.2, 0) is 6.42 Å². The van der Waals surface area contributed by atoms with Crippen molar-refractivity contribution in [2.45, 2.75) is 45.4 Å². The quantitative estimate of drug-likeness (QED) is 0.0706. The highest BCUT2D eigenvalue weighted by Crippen LogP contribution is 2.55. The van der Waals surface area contributed by atoms with Gasteiger partial charge >= 0.3 is 0 Å².